The molecule has 0 fully saturated rings. The van der Waals surface area contributed by atoms with E-state index >= 15 is 0 Å². The van der Waals surface area contributed by atoms with E-state index in [1.54, 1.807) is 29.2 Å². The van der Waals surface area contributed by atoms with Gasteiger partial charge in [-0.2, -0.15) is 5.10 Å². The molecule has 0 aliphatic rings. The Morgan fingerprint density at radius 2 is 2.15 bits per heavy atom. The molecule has 0 aliphatic carbocycles. The zero-order chi connectivity index (χ0) is 14.4. The molecule has 1 amide bonds. The van der Waals surface area contributed by atoms with Gasteiger partial charge in [-0.05, 0) is 17.7 Å². The molecule has 1 aromatic carbocycles. The van der Waals surface area contributed by atoms with Crippen molar-refractivity contribution in [3.8, 4) is 0 Å². The Morgan fingerprint density at radius 3 is 2.85 bits per heavy atom. The molecule has 0 saturated carbocycles. The van der Waals surface area contributed by atoms with E-state index in [1.165, 1.54) is 6.08 Å². The Morgan fingerprint density at radius 1 is 1.35 bits per heavy atom. The largest absolute Gasteiger partial charge is 0.351 e. The highest BCUT2D eigenvalue weighted by Crippen LogP contribution is 2.15. The summed E-state index contributed by atoms with van der Waals surface area (Å²) in [4.78, 5) is 11.6. The van der Waals surface area contributed by atoms with E-state index < -0.39 is 0 Å². The number of nitrogens with zero attached hydrogens (tertiary/aromatic N) is 2. The van der Waals surface area contributed by atoms with Gasteiger partial charge in [0, 0.05) is 23.8 Å². The fourth-order valence-electron chi connectivity index (χ4n) is 1.59. The van der Waals surface area contributed by atoms with Crippen molar-refractivity contribution in [1.82, 2.24) is 15.1 Å². The Bertz CT molecular complexity index is 622. The van der Waals surface area contributed by atoms with Crippen LogP contribution in [0.1, 0.15) is 5.56 Å². The van der Waals surface area contributed by atoms with Gasteiger partial charge in [0.1, 0.15) is 0 Å². The van der Waals surface area contributed by atoms with Crippen molar-refractivity contribution in [3.63, 3.8) is 0 Å². The summed E-state index contributed by atoms with van der Waals surface area (Å²) < 4.78 is 1.67. The van der Waals surface area contributed by atoms with Crippen molar-refractivity contribution < 1.29 is 4.79 Å². The number of carbonyl (C=O) groups excluding carboxylic acids is 1. The molecule has 20 heavy (non-hydrogen) atoms. The van der Waals surface area contributed by atoms with E-state index in [4.69, 9.17) is 23.2 Å². The summed E-state index contributed by atoms with van der Waals surface area (Å²) in [5.74, 6) is -0.178. The van der Waals surface area contributed by atoms with Gasteiger partial charge >= 0.3 is 0 Å². The summed E-state index contributed by atoms with van der Waals surface area (Å²) >= 11 is 11.7. The van der Waals surface area contributed by atoms with E-state index in [0.717, 1.165) is 5.56 Å². The lowest BCUT2D eigenvalue weighted by molar-refractivity contribution is -0.116. The molecular formula is C14H13Cl2N3O. The molecule has 0 radical (unpaired) electrons. The molecule has 4 nitrogen and oxygen atoms in total. The van der Waals surface area contributed by atoms with E-state index in [2.05, 4.69) is 10.4 Å². The second kappa shape index (κ2) is 7.12. The second-order valence-corrected chi connectivity index (χ2v) is 4.91. The summed E-state index contributed by atoms with van der Waals surface area (Å²) in [6, 6.07) is 7.33. The fourth-order valence-corrected chi connectivity index (χ4v) is 1.94. The maximum absolute atomic E-state index is 11.6. The van der Waals surface area contributed by atoms with Gasteiger partial charge in [0.05, 0.1) is 17.8 Å². The molecule has 104 valence electrons. The molecule has 2 aromatic rings. The molecule has 0 saturated heterocycles. The van der Waals surface area contributed by atoms with Gasteiger partial charge in [-0.1, -0.05) is 41.4 Å². The maximum atomic E-state index is 11.6. The average molecular weight is 310 g/mol. The van der Waals surface area contributed by atoms with Crippen LogP contribution >= 0.6 is 23.2 Å². The zero-order valence-corrected chi connectivity index (χ0v) is 12.1. The molecule has 2 rings (SSSR count). The lowest BCUT2D eigenvalue weighted by Crippen LogP contribution is -2.25. The van der Waals surface area contributed by atoms with Crippen LogP contribution in [0.4, 0.5) is 0 Å². The van der Waals surface area contributed by atoms with Crippen LogP contribution in [-0.2, 0) is 11.3 Å². The van der Waals surface area contributed by atoms with E-state index in [-0.39, 0.29) is 5.91 Å². The van der Waals surface area contributed by atoms with Crippen molar-refractivity contribution in [1.29, 1.82) is 0 Å². The number of carbonyl (C=O) groups is 1. The number of benzene rings is 1. The predicted molar refractivity (Wildman–Crippen MR) is 80.7 cm³/mol. The average Bonchev–Trinajstić information content (AvgIpc) is 2.83. The van der Waals surface area contributed by atoms with Gasteiger partial charge in [-0.25, -0.2) is 0 Å². The highest BCUT2D eigenvalue weighted by atomic mass is 35.5. The van der Waals surface area contributed by atoms with E-state index in [1.807, 2.05) is 18.2 Å². The highest BCUT2D eigenvalue weighted by Gasteiger charge is 1.99. The van der Waals surface area contributed by atoms with Crippen molar-refractivity contribution in [2.45, 2.75) is 6.54 Å². The second-order valence-electron chi connectivity index (χ2n) is 4.07. The van der Waals surface area contributed by atoms with E-state index in [9.17, 15) is 4.79 Å². The van der Waals surface area contributed by atoms with Crippen LogP contribution < -0.4 is 5.32 Å². The van der Waals surface area contributed by atoms with Crippen molar-refractivity contribution >= 4 is 35.2 Å². The first-order valence-electron chi connectivity index (χ1n) is 6.03. The lowest BCUT2D eigenvalue weighted by atomic mass is 10.2. The number of rotatable bonds is 5. The number of hydrogen-bond acceptors (Lipinski definition) is 2. The number of nitrogens with one attached hydrogen (secondary N) is 1. The third-order valence-electron chi connectivity index (χ3n) is 2.56. The smallest absolute Gasteiger partial charge is 0.244 e. The monoisotopic (exact) mass is 309 g/mol. The molecule has 0 atom stereocenters. The molecule has 1 N–H and O–H groups in total. The topological polar surface area (TPSA) is 46.9 Å². The van der Waals surface area contributed by atoms with E-state index in [0.29, 0.717) is 23.1 Å². The third-order valence-corrected chi connectivity index (χ3v) is 3.10. The summed E-state index contributed by atoms with van der Waals surface area (Å²) in [7, 11) is 0. The quantitative estimate of drug-likeness (QED) is 0.863. The molecule has 1 aromatic heterocycles. The Balaban J connectivity index is 1.79. The maximum Gasteiger partial charge on any atom is 0.244 e. The Hall–Kier alpha value is -1.78. The fraction of sp³-hybridized carbons (Fsp3) is 0.143. The molecule has 0 bridgehead atoms. The normalized spacial score (nSPS) is 10.9. The number of halogens is 2. The van der Waals surface area contributed by atoms with Crippen LogP contribution in [0.2, 0.25) is 10.0 Å². The first kappa shape index (κ1) is 14.6. The van der Waals surface area contributed by atoms with Crippen LogP contribution in [0.15, 0.2) is 42.7 Å². The first-order chi connectivity index (χ1) is 9.65. The molecular weight excluding hydrogens is 297 g/mol. The Kier molecular flexibility index (Phi) is 5.21. The predicted octanol–water partition coefficient (Wildman–Crippen LogP) is 3.02. The minimum Gasteiger partial charge on any atom is -0.351 e. The van der Waals surface area contributed by atoms with Gasteiger partial charge in [-0.15, -0.1) is 0 Å². The summed E-state index contributed by atoms with van der Waals surface area (Å²) in [6.07, 6.45) is 6.40. The third kappa shape index (κ3) is 4.40. The van der Waals surface area contributed by atoms with Crippen LogP contribution in [0.3, 0.4) is 0 Å². The van der Waals surface area contributed by atoms with Gasteiger partial charge in [0.2, 0.25) is 5.91 Å². The van der Waals surface area contributed by atoms with Crippen molar-refractivity contribution in [2.24, 2.45) is 0 Å². The minimum atomic E-state index is -0.178. The summed E-state index contributed by atoms with van der Waals surface area (Å²) in [5.41, 5.74) is 0.808. The Labute approximate surface area is 127 Å². The summed E-state index contributed by atoms with van der Waals surface area (Å²) in [6.45, 7) is 1.04. The van der Waals surface area contributed by atoms with Crippen LogP contribution in [0.25, 0.3) is 6.08 Å². The van der Waals surface area contributed by atoms with Gasteiger partial charge in [-0.3, -0.25) is 9.48 Å². The number of aromatic nitrogens is 2. The highest BCUT2D eigenvalue weighted by molar-refractivity contribution is 6.32. The van der Waals surface area contributed by atoms with Crippen LogP contribution in [-0.4, -0.2) is 22.2 Å². The standard InChI is InChI=1S/C14H13Cl2N3O/c15-12-9-18-19(10-12)8-7-17-14(20)6-5-11-3-1-2-4-13(11)16/h1-6,9-10H,7-8H2,(H,17,20)/b6-5+. The molecule has 0 unspecified atom stereocenters. The molecule has 0 spiro atoms. The zero-order valence-electron chi connectivity index (χ0n) is 10.6. The van der Waals surface area contributed by atoms with Crippen molar-refractivity contribution in [3.05, 3.63) is 58.3 Å². The summed E-state index contributed by atoms with van der Waals surface area (Å²) in [5, 5.41) is 7.97. The van der Waals surface area contributed by atoms with Gasteiger partial charge in [0.25, 0.3) is 0 Å². The minimum absolute atomic E-state index is 0.178. The van der Waals surface area contributed by atoms with Crippen LogP contribution in [0, 0.1) is 0 Å². The van der Waals surface area contributed by atoms with Gasteiger partial charge < -0.3 is 5.32 Å². The van der Waals surface area contributed by atoms with Gasteiger partial charge in [0.15, 0.2) is 0 Å². The van der Waals surface area contributed by atoms with Crippen LogP contribution in [0.5, 0.6) is 0 Å². The number of amides is 1. The molecule has 6 heteroatoms. The lowest BCUT2D eigenvalue weighted by Gasteiger charge is -2.02. The first-order valence-corrected chi connectivity index (χ1v) is 6.79. The van der Waals surface area contributed by atoms with Crippen molar-refractivity contribution in [2.75, 3.05) is 6.54 Å². The molecule has 1 heterocycles. The SMILES string of the molecule is O=C(/C=C/c1ccccc1Cl)NCCn1cc(Cl)cn1. The molecule has 0 aliphatic heterocycles. The number of hydrogen-bond donors (Lipinski definition) is 1.